The highest BCUT2D eigenvalue weighted by atomic mass is 16.6. The first-order valence-electron chi connectivity index (χ1n) is 6.95. The fourth-order valence-corrected chi connectivity index (χ4v) is 1.67. The molecule has 1 aliphatic heterocycles. The number of esters is 1. The van der Waals surface area contributed by atoms with Gasteiger partial charge in [0.2, 0.25) is 0 Å². The Bertz CT molecular complexity index is 245. The second-order valence-electron chi connectivity index (χ2n) is 4.34. The Morgan fingerprint density at radius 2 is 1.85 bits per heavy atom. The van der Waals surface area contributed by atoms with E-state index in [1.54, 1.807) is 7.11 Å². The molecule has 1 unspecified atom stereocenters. The average molecular weight is 291 g/mol. The van der Waals surface area contributed by atoms with Crippen molar-refractivity contribution < 1.29 is 28.5 Å². The number of methoxy groups -OCH3 is 1. The summed E-state index contributed by atoms with van der Waals surface area (Å²) in [4.78, 5) is 11.5. The second kappa shape index (κ2) is 12.0. The molecule has 0 spiro atoms. The number of hydrogen-bond acceptors (Lipinski definition) is 7. The molecule has 7 heteroatoms. The average Bonchev–Trinajstić information content (AvgIpc) is 2.46. The van der Waals surface area contributed by atoms with E-state index in [0.29, 0.717) is 46.2 Å². The van der Waals surface area contributed by atoms with Crippen LogP contribution in [0.15, 0.2) is 0 Å². The van der Waals surface area contributed by atoms with Gasteiger partial charge in [-0.15, -0.1) is 0 Å². The second-order valence-corrected chi connectivity index (χ2v) is 4.34. The summed E-state index contributed by atoms with van der Waals surface area (Å²) in [6.07, 6.45) is 0.207. The van der Waals surface area contributed by atoms with E-state index in [2.05, 4.69) is 5.32 Å². The van der Waals surface area contributed by atoms with Crippen LogP contribution in [0.4, 0.5) is 0 Å². The van der Waals surface area contributed by atoms with Gasteiger partial charge in [-0.1, -0.05) is 0 Å². The standard InChI is InChI=1S/C13H25NO6/c1-16-4-5-17-6-7-18-8-9-20-13(15)10-12-11-14-2-3-19-12/h12,14H,2-11H2,1H3. The summed E-state index contributed by atoms with van der Waals surface area (Å²) >= 11 is 0. The maximum atomic E-state index is 11.5. The smallest absolute Gasteiger partial charge is 0.308 e. The van der Waals surface area contributed by atoms with Gasteiger partial charge in [-0.3, -0.25) is 4.79 Å². The van der Waals surface area contributed by atoms with Crippen LogP contribution in [0.25, 0.3) is 0 Å². The Labute approximate surface area is 119 Å². The molecule has 0 aromatic heterocycles. The van der Waals surface area contributed by atoms with Gasteiger partial charge in [0.05, 0.1) is 52.2 Å². The highest BCUT2D eigenvalue weighted by Crippen LogP contribution is 2.02. The summed E-state index contributed by atoms with van der Waals surface area (Å²) in [6, 6.07) is 0. The minimum atomic E-state index is -0.251. The summed E-state index contributed by atoms with van der Waals surface area (Å²) in [5, 5.41) is 3.16. The summed E-state index contributed by atoms with van der Waals surface area (Å²) in [5.41, 5.74) is 0. The maximum Gasteiger partial charge on any atom is 0.308 e. The van der Waals surface area contributed by atoms with E-state index in [-0.39, 0.29) is 25.1 Å². The maximum absolute atomic E-state index is 11.5. The van der Waals surface area contributed by atoms with Crippen LogP contribution in [0, 0.1) is 0 Å². The molecular weight excluding hydrogens is 266 g/mol. The zero-order valence-corrected chi connectivity index (χ0v) is 12.1. The number of ether oxygens (including phenoxy) is 5. The Morgan fingerprint density at radius 1 is 1.15 bits per heavy atom. The first kappa shape index (κ1) is 17.3. The highest BCUT2D eigenvalue weighted by molar-refractivity contribution is 5.70. The first-order valence-corrected chi connectivity index (χ1v) is 6.95. The molecule has 0 aromatic carbocycles. The van der Waals surface area contributed by atoms with Crippen LogP contribution in [0.1, 0.15) is 6.42 Å². The van der Waals surface area contributed by atoms with Crippen molar-refractivity contribution in [2.24, 2.45) is 0 Å². The highest BCUT2D eigenvalue weighted by Gasteiger charge is 2.17. The van der Waals surface area contributed by atoms with Crippen LogP contribution in [0.3, 0.4) is 0 Å². The number of morpholine rings is 1. The van der Waals surface area contributed by atoms with Gasteiger partial charge < -0.3 is 29.0 Å². The normalized spacial score (nSPS) is 18.9. The molecule has 1 saturated heterocycles. The molecule has 0 amide bonds. The van der Waals surface area contributed by atoms with Crippen molar-refractivity contribution in [2.45, 2.75) is 12.5 Å². The molecule has 0 saturated carbocycles. The van der Waals surface area contributed by atoms with Crippen molar-refractivity contribution >= 4 is 5.97 Å². The molecule has 1 N–H and O–H groups in total. The van der Waals surface area contributed by atoms with Crippen molar-refractivity contribution in [3.05, 3.63) is 0 Å². The Balaban J connectivity index is 1.84. The summed E-state index contributed by atoms with van der Waals surface area (Å²) in [6.45, 7) is 4.95. The van der Waals surface area contributed by atoms with Crippen LogP contribution in [-0.2, 0) is 28.5 Å². The number of nitrogens with one attached hydrogen (secondary N) is 1. The molecule has 1 aliphatic rings. The lowest BCUT2D eigenvalue weighted by Gasteiger charge is -2.22. The quantitative estimate of drug-likeness (QED) is 0.409. The van der Waals surface area contributed by atoms with Gasteiger partial charge in [-0.25, -0.2) is 0 Å². The SMILES string of the molecule is COCCOCCOCCOC(=O)CC1CNCCO1. The fraction of sp³-hybridized carbons (Fsp3) is 0.923. The molecule has 0 bridgehead atoms. The van der Waals surface area contributed by atoms with Gasteiger partial charge in [0, 0.05) is 20.2 Å². The Kier molecular flexibility index (Phi) is 10.4. The zero-order chi connectivity index (χ0) is 14.5. The van der Waals surface area contributed by atoms with Crippen LogP contribution in [-0.4, -0.2) is 78.5 Å². The lowest BCUT2D eigenvalue weighted by atomic mass is 10.2. The van der Waals surface area contributed by atoms with Gasteiger partial charge in [-0.2, -0.15) is 0 Å². The van der Waals surface area contributed by atoms with Gasteiger partial charge in [0.15, 0.2) is 0 Å². The number of rotatable bonds is 11. The molecule has 1 fully saturated rings. The zero-order valence-electron chi connectivity index (χ0n) is 12.1. The minimum Gasteiger partial charge on any atom is -0.463 e. The predicted octanol–water partition coefficient (Wildman–Crippen LogP) is -0.412. The van der Waals surface area contributed by atoms with Crippen molar-refractivity contribution in [1.82, 2.24) is 5.32 Å². The predicted molar refractivity (Wildman–Crippen MR) is 71.7 cm³/mol. The fourth-order valence-electron chi connectivity index (χ4n) is 1.67. The van der Waals surface area contributed by atoms with E-state index in [1.807, 2.05) is 0 Å². The van der Waals surface area contributed by atoms with E-state index in [9.17, 15) is 4.79 Å². The number of carbonyl (C=O) groups is 1. The third kappa shape index (κ3) is 9.22. The molecular formula is C13H25NO6. The van der Waals surface area contributed by atoms with Gasteiger partial charge in [0.25, 0.3) is 0 Å². The molecule has 0 aromatic rings. The van der Waals surface area contributed by atoms with E-state index >= 15 is 0 Å². The van der Waals surface area contributed by atoms with Crippen molar-refractivity contribution in [3.8, 4) is 0 Å². The lowest BCUT2D eigenvalue weighted by Crippen LogP contribution is -2.39. The molecule has 7 nitrogen and oxygen atoms in total. The topological polar surface area (TPSA) is 75.2 Å². The van der Waals surface area contributed by atoms with Crippen molar-refractivity contribution in [1.29, 1.82) is 0 Å². The van der Waals surface area contributed by atoms with Crippen LogP contribution in [0.2, 0.25) is 0 Å². The molecule has 0 radical (unpaired) electrons. The third-order valence-corrected chi connectivity index (χ3v) is 2.69. The van der Waals surface area contributed by atoms with E-state index in [1.165, 1.54) is 0 Å². The number of carbonyl (C=O) groups excluding carboxylic acids is 1. The molecule has 1 rings (SSSR count). The Morgan fingerprint density at radius 3 is 2.50 bits per heavy atom. The molecule has 20 heavy (non-hydrogen) atoms. The molecule has 1 atom stereocenters. The Hall–Kier alpha value is -0.730. The lowest BCUT2D eigenvalue weighted by molar-refractivity contribution is -0.149. The summed E-state index contributed by atoms with van der Waals surface area (Å²) < 4.78 is 25.8. The van der Waals surface area contributed by atoms with Crippen LogP contribution < -0.4 is 5.32 Å². The largest absolute Gasteiger partial charge is 0.463 e. The first-order chi connectivity index (χ1) is 9.83. The molecule has 118 valence electrons. The summed E-state index contributed by atoms with van der Waals surface area (Å²) in [5.74, 6) is -0.251. The summed E-state index contributed by atoms with van der Waals surface area (Å²) in [7, 11) is 1.63. The third-order valence-electron chi connectivity index (χ3n) is 2.69. The number of hydrogen-bond donors (Lipinski definition) is 1. The van der Waals surface area contributed by atoms with Crippen molar-refractivity contribution in [2.75, 3.05) is 66.4 Å². The van der Waals surface area contributed by atoms with Crippen LogP contribution in [0.5, 0.6) is 0 Å². The molecule has 0 aliphatic carbocycles. The van der Waals surface area contributed by atoms with Crippen LogP contribution >= 0.6 is 0 Å². The van der Waals surface area contributed by atoms with Crippen molar-refractivity contribution in [3.63, 3.8) is 0 Å². The molecule has 1 heterocycles. The van der Waals surface area contributed by atoms with Gasteiger partial charge >= 0.3 is 5.97 Å². The van der Waals surface area contributed by atoms with E-state index in [4.69, 9.17) is 23.7 Å². The van der Waals surface area contributed by atoms with Gasteiger partial charge in [-0.05, 0) is 0 Å². The monoisotopic (exact) mass is 291 g/mol. The van der Waals surface area contributed by atoms with E-state index in [0.717, 1.165) is 6.54 Å². The van der Waals surface area contributed by atoms with Gasteiger partial charge in [0.1, 0.15) is 6.61 Å². The van der Waals surface area contributed by atoms with E-state index < -0.39 is 0 Å². The minimum absolute atomic E-state index is 0.0775.